The van der Waals surface area contributed by atoms with E-state index in [1.807, 2.05) is 30.3 Å². The predicted octanol–water partition coefficient (Wildman–Crippen LogP) is -3.08. The largest absolute Gasteiger partial charge is 0.550 e. The van der Waals surface area contributed by atoms with Crippen LogP contribution in [0.4, 0.5) is 4.79 Å². The van der Waals surface area contributed by atoms with Gasteiger partial charge in [-0.25, -0.2) is 4.79 Å². The van der Waals surface area contributed by atoms with Crippen molar-refractivity contribution in [2.75, 3.05) is 13.2 Å². The lowest BCUT2D eigenvalue weighted by atomic mass is 9.94. The minimum absolute atomic E-state index is 0.0150. The molecule has 0 bridgehead atoms. The number of aliphatic hydroxyl groups is 1. The van der Waals surface area contributed by atoms with Gasteiger partial charge in [-0.15, -0.1) is 0 Å². The highest BCUT2D eigenvalue weighted by atomic mass is 16.5. The zero-order valence-electron chi connectivity index (χ0n) is 13.3. The maximum absolute atomic E-state index is 11.5. The second-order valence-corrected chi connectivity index (χ2v) is 6.32. The number of urea groups is 1. The third kappa shape index (κ3) is 2.97. The molecule has 5 atom stereocenters. The Bertz CT molecular complexity index is 696. The number of quaternary nitrogens is 1. The summed E-state index contributed by atoms with van der Waals surface area (Å²) in [6.45, 7) is 0.147. The number of rotatable bonds is 3. The van der Waals surface area contributed by atoms with Gasteiger partial charge in [0, 0.05) is 23.4 Å². The van der Waals surface area contributed by atoms with Crippen molar-refractivity contribution in [1.29, 1.82) is 0 Å². The standard InChI is InChI=1S/C8H8N2O5.C8H11NO/c11-5(12)2-3-4(2)15-1-8(3)6(13)9-7(14)10-8;9-8(6-10)7-4-2-1-3-5-7/h2-4H,1H2,(H,11,12)(H2,9,10,13,14);1-5,8,10H,6,9H2/t2-,3-,4+,8+;8-/m10/s1. The highest BCUT2D eigenvalue weighted by Gasteiger charge is 2.73. The maximum atomic E-state index is 11.5. The number of fused-ring (bicyclic) bond motifs is 2. The molecule has 134 valence electrons. The molecule has 2 aliphatic heterocycles. The zero-order chi connectivity index (χ0) is 18.2. The van der Waals surface area contributed by atoms with Crippen LogP contribution in [0.2, 0.25) is 0 Å². The Labute approximate surface area is 143 Å². The lowest BCUT2D eigenvalue weighted by molar-refractivity contribution is -0.432. The van der Waals surface area contributed by atoms with E-state index < -0.39 is 41.4 Å². The van der Waals surface area contributed by atoms with Gasteiger partial charge in [0.15, 0.2) is 5.54 Å². The van der Waals surface area contributed by atoms with Gasteiger partial charge in [-0.05, 0) is 0 Å². The van der Waals surface area contributed by atoms with Gasteiger partial charge in [-0.1, -0.05) is 30.3 Å². The molecule has 1 aromatic rings. The molecule has 6 N–H and O–H groups in total. The van der Waals surface area contributed by atoms with E-state index in [1.54, 1.807) is 0 Å². The molecule has 2 heterocycles. The van der Waals surface area contributed by atoms with Crippen molar-refractivity contribution in [3.8, 4) is 0 Å². The molecule has 0 unspecified atom stereocenters. The first-order chi connectivity index (χ1) is 11.9. The van der Waals surface area contributed by atoms with Crippen molar-refractivity contribution in [2.45, 2.75) is 17.7 Å². The quantitative estimate of drug-likeness (QED) is 0.424. The van der Waals surface area contributed by atoms with Crippen LogP contribution in [0.25, 0.3) is 0 Å². The minimum Gasteiger partial charge on any atom is -0.550 e. The fourth-order valence-corrected chi connectivity index (χ4v) is 3.35. The molecular weight excluding hydrogens is 330 g/mol. The number of imide groups is 1. The lowest BCUT2D eigenvalue weighted by Gasteiger charge is -2.22. The molecule has 3 amide bonds. The Hall–Kier alpha value is -2.49. The molecule has 9 nitrogen and oxygen atoms in total. The third-order valence-corrected chi connectivity index (χ3v) is 4.76. The van der Waals surface area contributed by atoms with Crippen molar-refractivity contribution < 1.29 is 35.1 Å². The topological polar surface area (TPSA) is 155 Å². The second-order valence-electron chi connectivity index (χ2n) is 6.32. The number of carboxylic acids is 1. The Balaban J connectivity index is 0.000000160. The number of ether oxygens (including phenoxy) is 1. The molecule has 0 radical (unpaired) electrons. The summed E-state index contributed by atoms with van der Waals surface area (Å²) < 4.78 is 5.16. The van der Waals surface area contributed by atoms with Crippen LogP contribution in [-0.2, 0) is 14.3 Å². The van der Waals surface area contributed by atoms with E-state index in [9.17, 15) is 19.5 Å². The van der Waals surface area contributed by atoms with Crippen LogP contribution in [0.15, 0.2) is 30.3 Å². The van der Waals surface area contributed by atoms with Gasteiger partial charge in [-0.3, -0.25) is 10.1 Å². The van der Waals surface area contributed by atoms with E-state index in [0.29, 0.717) is 0 Å². The van der Waals surface area contributed by atoms with Crippen LogP contribution in [-0.4, -0.2) is 47.9 Å². The van der Waals surface area contributed by atoms with Gasteiger partial charge in [-0.2, -0.15) is 0 Å². The minimum atomic E-state index is -1.24. The number of aliphatic carboxylic acids is 1. The number of amides is 3. The average Bonchev–Trinajstić information content (AvgIpc) is 3.14. The monoisotopic (exact) mass is 349 g/mol. The van der Waals surface area contributed by atoms with Crippen molar-refractivity contribution in [1.82, 2.24) is 10.6 Å². The van der Waals surface area contributed by atoms with Gasteiger partial charge in [0.05, 0.1) is 19.3 Å². The summed E-state index contributed by atoms with van der Waals surface area (Å²) in [5, 5.41) is 23.9. The third-order valence-electron chi connectivity index (χ3n) is 4.76. The first kappa shape index (κ1) is 17.3. The molecule has 3 fully saturated rings. The van der Waals surface area contributed by atoms with Crippen LogP contribution >= 0.6 is 0 Å². The fraction of sp³-hybridized carbons (Fsp3) is 0.438. The van der Waals surface area contributed by atoms with Crippen LogP contribution in [0.1, 0.15) is 11.6 Å². The van der Waals surface area contributed by atoms with E-state index in [1.165, 1.54) is 0 Å². The molecule has 1 aliphatic carbocycles. The van der Waals surface area contributed by atoms with Gasteiger partial charge >= 0.3 is 6.03 Å². The van der Waals surface area contributed by atoms with Crippen LogP contribution in [0, 0.1) is 11.8 Å². The summed E-state index contributed by atoms with van der Waals surface area (Å²) in [6, 6.07) is 9.19. The number of carbonyl (C=O) groups excluding carboxylic acids is 3. The number of carbonyl (C=O) groups is 3. The fourth-order valence-electron chi connectivity index (χ4n) is 3.35. The molecule has 1 aromatic carbocycles. The summed E-state index contributed by atoms with van der Waals surface area (Å²) >= 11 is 0. The normalized spacial score (nSPS) is 33.0. The summed E-state index contributed by atoms with van der Waals surface area (Å²) in [5.41, 5.74) is 3.68. The summed E-state index contributed by atoms with van der Waals surface area (Å²) in [5.74, 6) is -3.03. The first-order valence-corrected chi connectivity index (χ1v) is 7.85. The predicted molar refractivity (Wildman–Crippen MR) is 80.3 cm³/mol. The van der Waals surface area contributed by atoms with Crippen LogP contribution < -0.4 is 21.5 Å². The van der Waals surface area contributed by atoms with Gasteiger partial charge in [0.2, 0.25) is 0 Å². The van der Waals surface area contributed by atoms with Crippen molar-refractivity contribution in [2.24, 2.45) is 11.8 Å². The number of benzene rings is 1. The van der Waals surface area contributed by atoms with Crippen molar-refractivity contribution >= 4 is 17.9 Å². The first-order valence-electron chi connectivity index (χ1n) is 7.85. The molecule has 1 spiro atoms. The SMILES string of the molecule is O=C1NC(=O)[C@@]2(CO[C@H]3[C@H](C(=O)[O-])[C@H]32)N1.[NH3+][C@@H](CO)c1ccccc1. The van der Waals surface area contributed by atoms with Gasteiger partial charge in [0.25, 0.3) is 5.91 Å². The molecular formula is C16H19N3O6. The summed E-state index contributed by atoms with van der Waals surface area (Å²) in [4.78, 5) is 33.2. The Morgan fingerprint density at radius 2 is 2.08 bits per heavy atom. The molecule has 9 heteroatoms. The zero-order valence-corrected chi connectivity index (χ0v) is 13.3. The summed E-state index contributed by atoms with van der Waals surface area (Å²) in [6.07, 6.45) is -0.501. The van der Waals surface area contributed by atoms with Gasteiger partial charge in [0.1, 0.15) is 6.04 Å². The smallest absolute Gasteiger partial charge is 0.322 e. The van der Waals surface area contributed by atoms with Crippen molar-refractivity contribution in [3.05, 3.63) is 35.9 Å². The summed E-state index contributed by atoms with van der Waals surface area (Å²) in [7, 11) is 0. The van der Waals surface area contributed by atoms with E-state index in [2.05, 4.69) is 16.4 Å². The number of nitrogens with one attached hydrogen (secondary N) is 2. The van der Waals surface area contributed by atoms with Crippen molar-refractivity contribution in [3.63, 3.8) is 0 Å². The highest BCUT2D eigenvalue weighted by Crippen LogP contribution is 2.54. The number of hydrogen-bond acceptors (Lipinski definition) is 6. The molecule has 2 saturated heterocycles. The van der Waals surface area contributed by atoms with E-state index in [-0.39, 0.29) is 19.3 Å². The Morgan fingerprint density at radius 1 is 1.40 bits per heavy atom. The number of aliphatic hydroxyl groups excluding tert-OH is 1. The lowest BCUT2D eigenvalue weighted by Crippen LogP contribution is -2.55. The number of hydrogen-bond donors (Lipinski definition) is 4. The second kappa shape index (κ2) is 6.43. The molecule has 1 saturated carbocycles. The average molecular weight is 349 g/mol. The Kier molecular flexibility index (Phi) is 4.46. The van der Waals surface area contributed by atoms with Crippen LogP contribution in [0.5, 0.6) is 0 Å². The highest BCUT2D eigenvalue weighted by molar-refractivity contribution is 6.08. The number of carboxylic acid groups (broad SMARTS) is 1. The molecule has 3 aliphatic rings. The maximum Gasteiger partial charge on any atom is 0.322 e. The molecule has 4 rings (SSSR count). The molecule has 0 aromatic heterocycles. The van der Waals surface area contributed by atoms with Crippen LogP contribution in [0.3, 0.4) is 0 Å². The van der Waals surface area contributed by atoms with Gasteiger partial charge < -0.3 is 30.8 Å². The molecule has 25 heavy (non-hydrogen) atoms. The van der Waals surface area contributed by atoms with E-state index >= 15 is 0 Å². The Morgan fingerprint density at radius 3 is 2.56 bits per heavy atom. The van der Waals surface area contributed by atoms with E-state index in [0.717, 1.165) is 5.56 Å². The van der Waals surface area contributed by atoms with E-state index in [4.69, 9.17) is 9.84 Å².